The molecule has 2 nitrogen and oxygen atoms in total. The number of hydrogen-bond donors (Lipinski definition) is 0. The van der Waals surface area contributed by atoms with E-state index >= 15 is 0 Å². The van der Waals surface area contributed by atoms with Gasteiger partial charge < -0.3 is 0 Å². The normalized spacial score (nSPS) is 17.7. The molecule has 1 aromatic heterocycles. The topological polar surface area (TPSA) is 34.1 Å². The van der Waals surface area contributed by atoms with E-state index < -0.39 is 16.2 Å². The fourth-order valence-corrected chi connectivity index (χ4v) is 5.28. The van der Waals surface area contributed by atoms with E-state index in [9.17, 15) is 9.00 Å². The summed E-state index contributed by atoms with van der Waals surface area (Å²) in [5.41, 5.74) is 0.580. The zero-order valence-electron chi connectivity index (χ0n) is 12.1. The summed E-state index contributed by atoms with van der Waals surface area (Å²) in [5.74, 6) is 0.719. The molecule has 0 bridgehead atoms. The highest BCUT2D eigenvalue weighted by atomic mass is 35.5. The highest BCUT2D eigenvalue weighted by Gasteiger charge is 2.45. The van der Waals surface area contributed by atoms with E-state index in [1.807, 2.05) is 41.8 Å². The van der Waals surface area contributed by atoms with Crippen molar-refractivity contribution in [3.63, 3.8) is 0 Å². The summed E-state index contributed by atoms with van der Waals surface area (Å²) in [6.07, 6.45) is 2.75. The second-order valence-corrected chi connectivity index (χ2v) is 8.60. The zero-order valence-corrected chi connectivity index (χ0v) is 14.5. The number of carbonyl (C=O) groups excluding carboxylic acids is 1. The second-order valence-electron chi connectivity index (χ2n) is 5.67. The zero-order chi connectivity index (χ0) is 15.6. The molecule has 0 amide bonds. The number of halogens is 1. The lowest BCUT2D eigenvalue weighted by Crippen LogP contribution is -2.44. The van der Waals surface area contributed by atoms with Crippen LogP contribution in [-0.4, -0.2) is 15.7 Å². The molecule has 1 atom stereocenters. The molecule has 1 fully saturated rings. The van der Waals surface area contributed by atoms with Crippen molar-refractivity contribution in [3.05, 3.63) is 57.2 Å². The van der Waals surface area contributed by atoms with Crippen molar-refractivity contribution < 1.29 is 9.00 Å². The number of rotatable bonds is 6. The number of Topliss-reactive ketones (excluding diaryl/α,β-unsaturated/α-hetero) is 1. The van der Waals surface area contributed by atoms with Gasteiger partial charge in [0.1, 0.15) is 0 Å². The Morgan fingerprint density at radius 2 is 1.95 bits per heavy atom. The van der Waals surface area contributed by atoms with E-state index in [2.05, 4.69) is 0 Å². The number of ketones is 1. The Bertz CT molecular complexity index is 673. The van der Waals surface area contributed by atoms with Gasteiger partial charge in [0.05, 0.1) is 16.9 Å². The molecule has 116 valence electrons. The minimum Gasteiger partial charge on any atom is -0.298 e. The average Bonchev–Trinajstić information content (AvgIpc) is 2.92. The molecule has 0 spiro atoms. The third kappa shape index (κ3) is 3.19. The van der Waals surface area contributed by atoms with Crippen molar-refractivity contribution in [2.45, 2.75) is 30.4 Å². The first-order valence-electron chi connectivity index (χ1n) is 7.27. The lowest BCUT2D eigenvalue weighted by molar-refractivity contribution is -0.125. The Morgan fingerprint density at radius 1 is 1.23 bits per heavy atom. The van der Waals surface area contributed by atoms with E-state index in [1.165, 1.54) is 0 Å². The summed E-state index contributed by atoms with van der Waals surface area (Å²) in [6, 6.07) is 11.4. The van der Waals surface area contributed by atoms with E-state index in [-0.39, 0.29) is 11.5 Å². The van der Waals surface area contributed by atoms with Crippen molar-refractivity contribution in [2.75, 3.05) is 5.75 Å². The van der Waals surface area contributed by atoms with E-state index in [1.54, 1.807) is 11.3 Å². The third-order valence-corrected chi connectivity index (χ3v) is 6.84. The van der Waals surface area contributed by atoms with Crippen LogP contribution in [0.5, 0.6) is 0 Å². The molecule has 3 rings (SSSR count). The van der Waals surface area contributed by atoms with Gasteiger partial charge in [-0.2, -0.15) is 0 Å². The Labute approximate surface area is 142 Å². The fraction of sp³-hybridized carbons (Fsp3) is 0.353. The molecular weight excluding hydrogens is 336 g/mol. The van der Waals surface area contributed by atoms with Gasteiger partial charge in [0.25, 0.3) is 0 Å². The van der Waals surface area contributed by atoms with E-state index in [0.29, 0.717) is 10.8 Å². The summed E-state index contributed by atoms with van der Waals surface area (Å²) in [6.45, 7) is 0. The average molecular weight is 353 g/mol. The number of thiophene rings is 1. The van der Waals surface area contributed by atoms with Crippen LogP contribution in [0.4, 0.5) is 0 Å². The van der Waals surface area contributed by atoms with Gasteiger partial charge in [0.2, 0.25) is 0 Å². The van der Waals surface area contributed by atoms with Crippen LogP contribution >= 0.6 is 22.9 Å². The quantitative estimate of drug-likeness (QED) is 0.774. The van der Waals surface area contributed by atoms with Crippen LogP contribution in [0, 0.1) is 0 Å². The van der Waals surface area contributed by atoms with Gasteiger partial charge in [-0.15, -0.1) is 11.3 Å². The minimum absolute atomic E-state index is 0.107. The predicted octanol–water partition coefficient (Wildman–Crippen LogP) is 4.34. The van der Waals surface area contributed by atoms with Crippen LogP contribution in [-0.2, 0) is 26.8 Å². The Kier molecular flexibility index (Phi) is 4.81. The molecule has 1 aromatic carbocycles. The first-order valence-corrected chi connectivity index (χ1v) is 10.0. The Morgan fingerprint density at radius 3 is 2.50 bits per heavy atom. The van der Waals surface area contributed by atoms with Crippen molar-refractivity contribution in [3.8, 4) is 0 Å². The molecule has 5 heteroatoms. The number of benzene rings is 1. The SMILES string of the molecule is O=C(CS(=O)Cc1cccs1)C1(c2ccc(Cl)cc2)CCC1. The fourth-order valence-electron chi connectivity index (χ4n) is 2.92. The van der Waals surface area contributed by atoms with E-state index in [4.69, 9.17) is 11.6 Å². The molecule has 2 aromatic rings. The second kappa shape index (κ2) is 6.65. The summed E-state index contributed by atoms with van der Waals surface area (Å²) in [7, 11) is -1.14. The summed E-state index contributed by atoms with van der Waals surface area (Å²) in [5, 5.41) is 2.64. The molecule has 1 aliphatic carbocycles. The van der Waals surface area contributed by atoms with Gasteiger partial charge >= 0.3 is 0 Å². The molecule has 0 N–H and O–H groups in total. The molecule has 0 aliphatic heterocycles. The molecular formula is C17H17ClO2S2. The number of carbonyl (C=O) groups is 1. The maximum atomic E-state index is 12.7. The van der Waals surface area contributed by atoms with E-state index in [0.717, 1.165) is 29.7 Å². The van der Waals surface area contributed by atoms with Gasteiger partial charge in [0, 0.05) is 20.7 Å². The van der Waals surface area contributed by atoms with Crippen LogP contribution < -0.4 is 0 Å². The van der Waals surface area contributed by atoms with Crippen LogP contribution in [0.25, 0.3) is 0 Å². The smallest absolute Gasteiger partial charge is 0.155 e. The first-order chi connectivity index (χ1) is 10.6. The van der Waals surface area contributed by atoms with Gasteiger partial charge in [0.15, 0.2) is 5.78 Å². The molecule has 1 unspecified atom stereocenters. The Balaban J connectivity index is 1.71. The van der Waals surface area contributed by atoms with Crippen LogP contribution in [0.1, 0.15) is 29.7 Å². The largest absolute Gasteiger partial charge is 0.298 e. The molecule has 0 radical (unpaired) electrons. The maximum Gasteiger partial charge on any atom is 0.155 e. The monoisotopic (exact) mass is 352 g/mol. The van der Waals surface area contributed by atoms with Crippen LogP contribution in [0.3, 0.4) is 0 Å². The number of hydrogen-bond acceptors (Lipinski definition) is 3. The summed E-state index contributed by atoms with van der Waals surface area (Å²) in [4.78, 5) is 13.8. The lowest BCUT2D eigenvalue weighted by atomic mass is 9.62. The first kappa shape index (κ1) is 15.9. The predicted molar refractivity (Wildman–Crippen MR) is 93.0 cm³/mol. The van der Waals surface area contributed by atoms with Crippen molar-refractivity contribution in [2.24, 2.45) is 0 Å². The molecule has 0 saturated heterocycles. The molecule has 22 heavy (non-hydrogen) atoms. The van der Waals surface area contributed by atoms with Crippen molar-refractivity contribution in [1.82, 2.24) is 0 Å². The summed E-state index contributed by atoms with van der Waals surface area (Å²) < 4.78 is 12.3. The van der Waals surface area contributed by atoms with Crippen molar-refractivity contribution in [1.29, 1.82) is 0 Å². The minimum atomic E-state index is -1.14. The molecule has 1 aliphatic rings. The molecule has 1 heterocycles. The standard InChI is InChI=1S/C17H17ClO2S2/c18-14-6-4-13(5-7-14)17(8-2-9-17)16(19)12-22(20)11-15-3-1-10-21-15/h1,3-7,10H,2,8-9,11-12H2. The van der Waals surface area contributed by atoms with Gasteiger partial charge in [-0.05, 0) is 42.0 Å². The maximum absolute atomic E-state index is 12.7. The third-order valence-electron chi connectivity index (χ3n) is 4.31. The van der Waals surface area contributed by atoms with Gasteiger partial charge in [-0.3, -0.25) is 9.00 Å². The summed E-state index contributed by atoms with van der Waals surface area (Å²) >= 11 is 7.52. The van der Waals surface area contributed by atoms with Crippen LogP contribution in [0.15, 0.2) is 41.8 Å². The molecule has 1 saturated carbocycles. The highest BCUT2D eigenvalue weighted by molar-refractivity contribution is 7.85. The van der Waals surface area contributed by atoms with Crippen molar-refractivity contribution >= 4 is 39.5 Å². The lowest BCUT2D eigenvalue weighted by Gasteiger charge is -2.41. The highest BCUT2D eigenvalue weighted by Crippen LogP contribution is 2.45. The van der Waals surface area contributed by atoms with Crippen LogP contribution in [0.2, 0.25) is 5.02 Å². The van der Waals surface area contributed by atoms with Gasteiger partial charge in [-0.25, -0.2) is 0 Å². The van der Waals surface area contributed by atoms with Gasteiger partial charge in [-0.1, -0.05) is 36.2 Å². The Hall–Kier alpha value is -0.970.